The second kappa shape index (κ2) is 12.2. The van der Waals surface area contributed by atoms with Crippen LogP contribution in [-0.4, -0.2) is 30.2 Å². The van der Waals surface area contributed by atoms with Crippen molar-refractivity contribution in [3.8, 4) is 12.3 Å². The predicted octanol–water partition coefficient (Wildman–Crippen LogP) is 4.55. The van der Waals surface area contributed by atoms with Gasteiger partial charge in [0.05, 0.1) is 12.8 Å². The Morgan fingerprint density at radius 3 is 2.45 bits per heavy atom. The molecular formula is C27H28N4O2. The van der Waals surface area contributed by atoms with Gasteiger partial charge in [0.1, 0.15) is 5.75 Å². The van der Waals surface area contributed by atoms with E-state index < -0.39 is 0 Å². The minimum Gasteiger partial charge on any atom is -0.494 e. The maximum absolute atomic E-state index is 12.4. The molecule has 0 aromatic heterocycles. The summed E-state index contributed by atoms with van der Waals surface area (Å²) < 4.78 is 5.42. The summed E-state index contributed by atoms with van der Waals surface area (Å²) in [5.41, 5.74) is 8.14. The molecule has 0 aliphatic carbocycles. The van der Waals surface area contributed by atoms with Gasteiger partial charge in [-0.15, -0.1) is 0 Å². The molecule has 1 heterocycles. The van der Waals surface area contributed by atoms with E-state index in [2.05, 4.69) is 46.3 Å². The lowest BCUT2D eigenvalue weighted by Gasteiger charge is -2.28. The molecule has 0 fully saturated rings. The van der Waals surface area contributed by atoms with Crippen molar-refractivity contribution in [2.45, 2.75) is 26.4 Å². The van der Waals surface area contributed by atoms with Crippen molar-refractivity contribution >= 4 is 12.1 Å². The molecule has 3 aromatic rings. The number of ether oxygens (including phenoxy) is 1. The number of carbonyl (C=O) groups is 1. The number of hydrazone groups is 1. The number of nitrogens with one attached hydrogen (secondary N) is 1. The van der Waals surface area contributed by atoms with Gasteiger partial charge in [0.2, 0.25) is 0 Å². The molecule has 168 valence electrons. The Hall–Kier alpha value is -3.95. The van der Waals surface area contributed by atoms with Crippen LogP contribution >= 0.6 is 0 Å². The number of nitrogens with zero attached hydrogens (tertiary/aromatic N) is 3. The van der Waals surface area contributed by atoms with Crippen molar-refractivity contribution in [2.75, 3.05) is 13.2 Å². The van der Waals surface area contributed by atoms with Crippen LogP contribution in [0.3, 0.4) is 0 Å². The molecule has 6 nitrogen and oxygen atoms in total. The van der Waals surface area contributed by atoms with Crippen molar-refractivity contribution in [3.05, 3.63) is 101 Å². The predicted molar refractivity (Wildman–Crippen MR) is 130 cm³/mol. The van der Waals surface area contributed by atoms with Gasteiger partial charge in [-0.2, -0.15) is 5.10 Å². The van der Waals surface area contributed by atoms with Crippen LogP contribution in [0.15, 0.2) is 77.9 Å². The molecule has 3 aromatic carbocycles. The first kappa shape index (κ1) is 23.7. The quantitative estimate of drug-likeness (QED) is 0.432. The third kappa shape index (κ3) is 6.76. The zero-order valence-electron chi connectivity index (χ0n) is 18.8. The highest BCUT2D eigenvalue weighted by Crippen LogP contribution is 2.20. The van der Waals surface area contributed by atoms with E-state index in [1.165, 1.54) is 16.7 Å². The number of hydrogen-bond acceptors (Lipinski definition) is 5. The van der Waals surface area contributed by atoms with Crippen molar-refractivity contribution in [1.82, 2.24) is 10.3 Å². The van der Waals surface area contributed by atoms with Crippen molar-refractivity contribution in [3.63, 3.8) is 0 Å². The molecule has 1 amide bonds. The van der Waals surface area contributed by atoms with Gasteiger partial charge in [-0.1, -0.05) is 36.4 Å². The summed E-state index contributed by atoms with van der Waals surface area (Å²) in [5, 5.41) is 10.6. The van der Waals surface area contributed by atoms with Crippen LogP contribution in [0.4, 0.5) is 0 Å². The molecule has 6 heteroatoms. The monoisotopic (exact) mass is 440 g/mol. The fraction of sp³-hybridized carbons (Fsp3) is 0.222. The first-order chi connectivity index (χ1) is 16.2. The Morgan fingerprint density at radius 2 is 1.76 bits per heavy atom. The van der Waals surface area contributed by atoms with Crippen LogP contribution in [0, 0.1) is 11.8 Å². The Morgan fingerprint density at radius 1 is 1.06 bits per heavy atom. The fourth-order valence-corrected chi connectivity index (χ4v) is 3.76. The van der Waals surface area contributed by atoms with Crippen molar-refractivity contribution in [2.24, 2.45) is 5.10 Å². The SMILES string of the molecule is C#N.CCOc1ccc(/C=N/NC(=O)c2ccc(CN3CCc4ccccc4C3)cc2)cc1. The van der Waals surface area contributed by atoms with Gasteiger partial charge in [0.25, 0.3) is 5.91 Å². The number of carbonyl (C=O) groups excluding carboxylic acids is 1. The number of hydrogen-bond donors (Lipinski definition) is 1. The van der Waals surface area contributed by atoms with Gasteiger partial charge in [0.15, 0.2) is 0 Å². The topological polar surface area (TPSA) is 77.7 Å². The highest BCUT2D eigenvalue weighted by molar-refractivity contribution is 5.94. The van der Waals surface area contributed by atoms with Crippen LogP contribution < -0.4 is 10.2 Å². The maximum Gasteiger partial charge on any atom is 0.271 e. The average molecular weight is 441 g/mol. The van der Waals surface area contributed by atoms with Crippen molar-refractivity contribution in [1.29, 1.82) is 5.26 Å². The number of rotatable bonds is 7. The standard InChI is InChI=1S/C26H27N3O2.CHN/c1-2-31-25-13-9-20(10-14-25)17-27-28-26(30)23-11-7-21(8-12-23)18-29-16-15-22-5-3-4-6-24(22)19-29;1-2/h3-14,17H,2,15-16,18-19H2,1H3,(H,28,30);1H/b27-17+;. The van der Waals surface area contributed by atoms with Gasteiger partial charge in [0, 0.05) is 31.8 Å². The van der Waals surface area contributed by atoms with Crippen LogP contribution in [0.1, 0.15) is 39.5 Å². The van der Waals surface area contributed by atoms with Gasteiger partial charge in [-0.25, -0.2) is 10.7 Å². The Bertz CT molecular complexity index is 1090. The molecule has 0 spiro atoms. The summed E-state index contributed by atoms with van der Waals surface area (Å²) in [6, 6.07) is 24.0. The third-order valence-electron chi connectivity index (χ3n) is 5.40. The highest BCUT2D eigenvalue weighted by Gasteiger charge is 2.15. The van der Waals surface area contributed by atoms with E-state index in [0.717, 1.165) is 37.4 Å². The molecule has 0 radical (unpaired) electrons. The van der Waals surface area contributed by atoms with Crippen molar-refractivity contribution < 1.29 is 9.53 Å². The lowest BCUT2D eigenvalue weighted by atomic mass is 9.99. The molecule has 1 aliphatic heterocycles. The second-order valence-corrected chi connectivity index (χ2v) is 7.63. The normalized spacial score (nSPS) is 12.9. The molecule has 1 N–H and O–H groups in total. The first-order valence-electron chi connectivity index (χ1n) is 10.9. The molecule has 0 unspecified atom stereocenters. The second-order valence-electron chi connectivity index (χ2n) is 7.63. The zero-order valence-corrected chi connectivity index (χ0v) is 18.8. The Kier molecular flexibility index (Phi) is 8.75. The van der Waals surface area contributed by atoms with Crippen LogP contribution in [0.5, 0.6) is 5.75 Å². The molecule has 33 heavy (non-hydrogen) atoms. The summed E-state index contributed by atoms with van der Waals surface area (Å²) in [7, 11) is 0. The molecule has 0 saturated heterocycles. The van der Waals surface area contributed by atoms with E-state index in [4.69, 9.17) is 10.00 Å². The van der Waals surface area contributed by atoms with E-state index in [9.17, 15) is 4.79 Å². The minimum atomic E-state index is -0.222. The van der Waals surface area contributed by atoms with E-state index in [0.29, 0.717) is 12.2 Å². The summed E-state index contributed by atoms with van der Waals surface area (Å²) in [5.74, 6) is 0.596. The van der Waals surface area contributed by atoms with Gasteiger partial charge in [-0.3, -0.25) is 9.69 Å². The summed E-state index contributed by atoms with van der Waals surface area (Å²) in [4.78, 5) is 14.8. The van der Waals surface area contributed by atoms with E-state index >= 15 is 0 Å². The van der Waals surface area contributed by atoms with Gasteiger partial charge >= 0.3 is 0 Å². The van der Waals surface area contributed by atoms with Crippen LogP contribution in [0.25, 0.3) is 0 Å². The number of benzene rings is 3. The number of nitriles is 1. The third-order valence-corrected chi connectivity index (χ3v) is 5.40. The van der Waals surface area contributed by atoms with Gasteiger partial charge < -0.3 is 4.74 Å². The van der Waals surface area contributed by atoms with Crippen LogP contribution in [-0.2, 0) is 19.5 Å². The summed E-state index contributed by atoms with van der Waals surface area (Å²) in [6.45, 7) is 8.99. The minimum absolute atomic E-state index is 0.222. The summed E-state index contributed by atoms with van der Waals surface area (Å²) >= 11 is 0. The maximum atomic E-state index is 12.4. The Labute approximate surface area is 195 Å². The molecule has 0 saturated carbocycles. The molecule has 0 atom stereocenters. The highest BCUT2D eigenvalue weighted by atomic mass is 16.5. The van der Waals surface area contributed by atoms with E-state index in [1.54, 1.807) is 6.21 Å². The van der Waals surface area contributed by atoms with Gasteiger partial charge in [-0.05, 0) is 72.0 Å². The molecule has 4 rings (SSSR count). The molecule has 1 aliphatic rings. The average Bonchev–Trinajstić information content (AvgIpc) is 2.87. The fourth-order valence-electron chi connectivity index (χ4n) is 3.76. The first-order valence-corrected chi connectivity index (χ1v) is 10.9. The number of amides is 1. The molecule has 0 bridgehead atoms. The zero-order chi connectivity index (χ0) is 23.5. The van der Waals surface area contributed by atoms with E-state index in [1.807, 2.05) is 55.5 Å². The lowest BCUT2D eigenvalue weighted by molar-refractivity contribution is 0.0955. The van der Waals surface area contributed by atoms with E-state index in [-0.39, 0.29) is 5.91 Å². The lowest BCUT2D eigenvalue weighted by Crippen LogP contribution is -2.30. The molecular weight excluding hydrogens is 412 g/mol. The number of fused-ring (bicyclic) bond motifs is 1. The Balaban J connectivity index is 0.00000149. The summed E-state index contributed by atoms with van der Waals surface area (Å²) in [6.07, 6.45) is 2.71. The largest absolute Gasteiger partial charge is 0.494 e. The van der Waals surface area contributed by atoms with Crippen LogP contribution in [0.2, 0.25) is 0 Å². The smallest absolute Gasteiger partial charge is 0.271 e.